The Kier molecular flexibility index (Phi) is 5.84. The molecule has 0 aliphatic heterocycles. The summed E-state index contributed by atoms with van der Waals surface area (Å²) < 4.78 is 1.32. The van der Waals surface area contributed by atoms with Gasteiger partial charge in [0, 0.05) is 18.8 Å². The molecule has 6 nitrogen and oxygen atoms in total. The van der Waals surface area contributed by atoms with Crippen LogP contribution in [0.5, 0.6) is 0 Å². The predicted molar refractivity (Wildman–Crippen MR) is 92.8 cm³/mol. The molecule has 2 aromatic rings. The third-order valence-corrected chi connectivity index (χ3v) is 3.83. The molecule has 2 heterocycles. The van der Waals surface area contributed by atoms with E-state index in [1.807, 2.05) is 39.8 Å². The second kappa shape index (κ2) is 7.86. The Morgan fingerprint density at radius 1 is 1.29 bits per heavy atom. The molecule has 0 aliphatic carbocycles. The lowest BCUT2D eigenvalue weighted by molar-refractivity contribution is 0.0916. The molecule has 0 aliphatic rings. The fourth-order valence-corrected chi connectivity index (χ4v) is 2.53. The summed E-state index contributed by atoms with van der Waals surface area (Å²) in [7, 11) is 0. The van der Waals surface area contributed by atoms with Gasteiger partial charge in [-0.05, 0) is 37.0 Å². The van der Waals surface area contributed by atoms with E-state index < -0.39 is 0 Å². The van der Waals surface area contributed by atoms with Gasteiger partial charge in [0.05, 0.1) is 11.7 Å². The number of hydrogen-bond acceptors (Lipinski definition) is 4. The minimum atomic E-state index is -0.302. The second-order valence-corrected chi connectivity index (χ2v) is 6.18. The van der Waals surface area contributed by atoms with Gasteiger partial charge >= 0.3 is 0 Å². The Balaban J connectivity index is 2.27. The minimum Gasteiger partial charge on any atom is -0.342 e. The van der Waals surface area contributed by atoms with Crippen LogP contribution in [-0.2, 0) is 6.54 Å². The molecule has 0 radical (unpaired) electrons. The maximum atomic E-state index is 12.6. The third-order valence-electron chi connectivity index (χ3n) is 3.83. The largest absolute Gasteiger partial charge is 0.342 e. The summed E-state index contributed by atoms with van der Waals surface area (Å²) in [6, 6.07) is 6.48. The van der Waals surface area contributed by atoms with Gasteiger partial charge in [0.15, 0.2) is 0 Å². The third kappa shape index (κ3) is 4.07. The van der Waals surface area contributed by atoms with Crippen LogP contribution in [0.4, 0.5) is 0 Å². The molecule has 0 aromatic carbocycles. The van der Waals surface area contributed by atoms with E-state index >= 15 is 0 Å². The monoisotopic (exact) mass is 328 g/mol. The number of nitrogens with one attached hydrogen (secondary N) is 1. The summed E-state index contributed by atoms with van der Waals surface area (Å²) >= 11 is 0. The summed E-state index contributed by atoms with van der Waals surface area (Å²) in [5.41, 5.74) is 1.92. The summed E-state index contributed by atoms with van der Waals surface area (Å²) in [5, 5.41) is 7.16. The molecule has 24 heavy (non-hydrogen) atoms. The number of pyridine rings is 1. The molecule has 128 valence electrons. The van der Waals surface area contributed by atoms with Gasteiger partial charge in [-0.25, -0.2) is 4.68 Å². The van der Waals surface area contributed by atoms with E-state index in [9.17, 15) is 9.59 Å². The average molecular weight is 328 g/mol. The van der Waals surface area contributed by atoms with E-state index in [1.54, 1.807) is 6.20 Å². The number of aryl methyl sites for hydroxylation is 2. The quantitative estimate of drug-likeness (QED) is 0.884. The zero-order valence-electron chi connectivity index (χ0n) is 14.6. The van der Waals surface area contributed by atoms with Crippen molar-refractivity contribution < 1.29 is 4.79 Å². The van der Waals surface area contributed by atoms with Crippen molar-refractivity contribution in [3.8, 4) is 0 Å². The smallest absolute Gasteiger partial charge is 0.272 e. The lowest BCUT2D eigenvalue weighted by Crippen LogP contribution is -2.35. The van der Waals surface area contributed by atoms with Gasteiger partial charge in [0.25, 0.3) is 11.5 Å². The summed E-state index contributed by atoms with van der Waals surface area (Å²) in [5.74, 6) is -0.132. The van der Waals surface area contributed by atoms with Gasteiger partial charge in [-0.1, -0.05) is 26.8 Å². The van der Waals surface area contributed by atoms with E-state index in [2.05, 4.69) is 15.4 Å². The average Bonchev–Trinajstić information content (AvgIpc) is 2.55. The van der Waals surface area contributed by atoms with Crippen molar-refractivity contribution in [1.29, 1.82) is 0 Å². The van der Waals surface area contributed by atoms with Crippen LogP contribution in [0.25, 0.3) is 0 Å². The molecular formula is C18H24N4O2. The number of carbonyl (C=O) groups is 1. The Morgan fingerprint density at radius 3 is 2.67 bits per heavy atom. The summed E-state index contributed by atoms with van der Waals surface area (Å²) in [4.78, 5) is 28.8. The molecule has 0 unspecified atom stereocenters. The normalized spacial score (nSPS) is 12.2. The zero-order chi connectivity index (χ0) is 17.7. The van der Waals surface area contributed by atoms with Crippen molar-refractivity contribution in [2.75, 3.05) is 0 Å². The molecule has 2 rings (SSSR count). The first-order valence-corrected chi connectivity index (χ1v) is 8.24. The van der Waals surface area contributed by atoms with Crippen LogP contribution in [0.15, 0.2) is 35.3 Å². The lowest BCUT2D eigenvalue weighted by atomic mass is 9.97. The molecule has 1 atom stereocenters. The van der Waals surface area contributed by atoms with Gasteiger partial charge in [-0.3, -0.25) is 14.6 Å². The highest BCUT2D eigenvalue weighted by atomic mass is 16.2. The fraction of sp³-hybridized carbons (Fsp3) is 0.444. The van der Waals surface area contributed by atoms with Crippen LogP contribution in [-0.4, -0.2) is 20.7 Å². The van der Waals surface area contributed by atoms with Crippen molar-refractivity contribution in [1.82, 2.24) is 20.1 Å². The molecule has 6 heteroatoms. The highest BCUT2D eigenvalue weighted by molar-refractivity contribution is 5.92. The van der Waals surface area contributed by atoms with E-state index in [0.29, 0.717) is 6.54 Å². The number of amides is 1. The zero-order valence-corrected chi connectivity index (χ0v) is 14.6. The van der Waals surface area contributed by atoms with Crippen molar-refractivity contribution in [3.05, 3.63) is 57.8 Å². The number of rotatable bonds is 6. The molecular weight excluding hydrogens is 304 g/mol. The minimum absolute atomic E-state index is 0.170. The van der Waals surface area contributed by atoms with Gasteiger partial charge < -0.3 is 5.32 Å². The molecule has 2 aromatic heterocycles. The second-order valence-electron chi connectivity index (χ2n) is 6.18. The van der Waals surface area contributed by atoms with E-state index in [4.69, 9.17) is 0 Å². The number of carbonyl (C=O) groups excluding carboxylic acids is 1. The van der Waals surface area contributed by atoms with Crippen molar-refractivity contribution in [2.45, 2.75) is 46.7 Å². The first-order valence-electron chi connectivity index (χ1n) is 8.24. The van der Waals surface area contributed by atoms with Crippen LogP contribution in [0, 0.1) is 12.8 Å². The standard InChI is InChI=1S/C18H24N4O2/c1-5-11-22-15(23)9-8-14(21-22)18(24)20-16(12(2)3)17-13(4)7-6-10-19-17/h6-10,12,16H,5,11H2,1-4H3,(H,20,24)/t16-/m0/s1. The van der Waals surface area contributed by atoms with E-state index in [0.717, 1.165) is 17.7 Å². The SMILES string of the molecule is CCCn1nc(C(=O)N[C@H](c2ncccc2C)C(C)C)ccc1=O. The summed E-state index contributed by atoms with van der Waals surface area (Å²) in [6.07, 6.45) is 2.50. The van der Waals surface area contributed by atoms with Gasteiger partial charge in [0.1, 0.15) is 5.69 Å². The van der Waals surface area contributed by atoms with Gasteiger partial charge in [0.2, 0.25) is 0 Å². The molecule has 0 spiro atoms. The molecule has 1 N–H and O–H groups in total. The maximum absolute atomic E-state index is 12.6. The maximum Gasteiger partial charge on any atom is 0.272 e. The van der Waals surface area contributed by atoms with Gasteiger partial charge in [-0.2, -0.15) is 5.10 Å². The Bertz CT molecular complexity index is 768. The van der Waals surface area contributed by atoms with Crippen molar-refractivity contribution >= 4 is 5.91 Å². The number of aromatic nitrogens is 3. The molecule has 0 saturated carbocycles. The Hall–Kier alpha value is -2.50. The first kappa shape index (κ1) is 17.8. The number of hydrogen-bond donors (Lipinski definition) is 1. The topological polar surface area (TPSA) is 76.9 Å². The highest BCUT2D eigenvalue weighted by Gasteiger charge is 2.22. The first-order chi connectivity index (χ1) is 11.4. The van der Waals surface area contributed by atoms with Crippen LogP contribution in [0.3, 0.4) is 0 Å². The Labute approximate surface area is 141 Å². The fourth-order valence-electron chi connectivity index (χ4n) is 2.53. The van der Waals surface area contributed by atoms with E-state index in [1.165, 1.54) is 16.8 Å². The highest BCUT2D eigenvalue weighted by Crippen LogP contribution is 2.22. The lowest BCUT2D eigenvalue weighted by Gasteiger charge is -2.23. The Morgan fingerprint density at radius 2 is 2.04 bits per heavy atom. The van der Waals surface area contributed by atoms with Crippen molar-refractivity contribution in [3.63, 3.8) is 0 Å². The summed E-state index contributed by atoms with van der Waals surface area (Å²) in [6.45, 7) is 8.49. The molecule has 1 amide bonds. The van der Waals surface area contributed by atoms with Crippen LogP contribution >= 0.6 is 0 Å². The van der Waals surface area contributed by atoms with Crippen LogP contribution in [0.2, 0.25) is 0 Å². The molecule has 0 saturated heterocycles. The van der Waals surface area contributed by atoms with E-state index in [-0.39, 0.29) is 29.1 Å². The van der Waals surface area contributed by atoms with Crippen molar-refractivity contribution in [2.24, 2.45) is 5.92 Å². The molecule has 0 fully saturated rings. The van der Waals surface area contributed by atoms with Gasteiger partial charge in [-0.15, -0.1) is 0 Å². The predicted octanol–water partition coefficient (Wildman–Crippen LogP) is 2.48. The molecule has 0 bridgehead atoms. The van der Waals surface area contributed by atoms with Crippen LogP contribution < -0.4 is 10.9 Å². The number of nitrogens with zero attached hydrogens (tertiary/aromatic N) is 3. The van der Waals surface area contributed by atoms with Crippen LogP contribution in [0.1, 0.15) is 55.0 Å².